The van der Waals surface area contributed by atoms with Crippen LogP contribution >= 0.6 is 0 Å². The van der Waals surface area contributed by atoms with Crippen molar-refractivity contribution in [3.63, 3.8) is 0 Å². The second kappa shape index (κ2) is 7.31. The van der Waals surface area contributed by atoms with Crippen molar-refractivity contribution in [1.82, 2.24) is 0 Å². The lowest BCUT2D eigenvalue weighted by Gasteiger charge is -2.42. The molecular formula is C23H32O4. The maximum absolute atomic E-state index is 12.4. The van der Waals surface area contributed by atoms with Gasteiger partial charge in [-0.1, -0.05) is 30.7 Å². The highest BCUT2D eigenvalue weighted by molar-refractivity contribution is 5.93. The van der Waals surface area contributed by atoms with Crippen molar-refractivity contribution in [2.24, 2.45) is 29.1 Å². The predicted octanol–water partition coefficient (Wildman–Crippen LogP) is 3.55. The van der Waals surface area contributed by atoms with Crippen molar-refractivity contribution in [1.29, 1.82) is 0 Å². The molecule has 0 heterocycles. The minimum absolute atomic E-state index is 0.106. The second-order valence-corrected chi connectivity index (χ2v) is 9.16. The van der Waals surface area contributed by atoms with E-state index in [0.717, 1.165) is 38.5 Å². The highest BCUT2D eigenvalue weighted by atomic mass is 16.6. The number of hydrogen-bond donors (Lipinski definition) is 2. The van der Waals surface area contributed by atoms with Gasteiger partial charge in [0.1, 0.15) is 0 Å². The molecule has 0 saturated heterocycles. The van der Waals surface area contributed by atoms with Gasteiger partial charge in [0.2, 0.25) is 0 Å². The Morgan fingerprint density at radius 2 is 2.07 bits per heavy atom. The van der Waals surface area contributed by atoms with E-state index < -0.39 is 12.4 Å². The number of rotatable bonds is 5. The topological polar surface area (TPSA) is 66.8 Å². The standard InChI is InChI=1S/C23H32O4/c1-23(13-16-6-4-8-18(24)21(16)22(23)26)17-7-3-5-14-9-10-15(20(14)17)11-12-19(25)27-2/h3-5,8,15-17,19,21-22,25-26H,6-7,9-13H2,1-2H3. The summed E-state index contributed by atoms with van der Waals surface area (Å²) in [5.41, 5.74) is 2.66. The number of fused-ring (bicyclic) bond motifs is 1. The Kier molecular flexibility index (Phi) is 5.17. The van der Waals surface area contributed by atoms with Gasteiger partial charge < -0.3 is 14.9 Å². The molecule has 2 N–H and O–H groups in total. The van der Waals surface area contributed by atoms with Gasteiger partial charge in [0, 0.05) is 12.5 Å². The van der Waals surface area contributed by atoms with Gasteiger partial charge in [-0.2, -0.15) is 0 Å². The minimum Gasteiger partial charge on any atom is -0.392 e. The number of ketones is 1. The Balaban J connectivity index is 1.59. The third kappa shape index (κ3) is 3.16. The number of aliphatic hydroxyl groups excluding tert-OH is 2. The van der Waals surface area contributed by atoms with Gasteiger partial charge >= 0.3 is 0 Å². The van der Waals surface area contributed by atoms with Crippen LogP contribution in [0.3, 0.4) is 0 Å². The van der Waals surface area contributed by atoms with Gasteiger partial charge in [-0.05, 0) is 74.3 Å². The van der Waals surface area contributed by atoms with Crippen LogP contribution in [-0.4, -0.2) is 35.5 Å². The molecule has 4 rings (SSSR count). The Labute approximate surface area is 162 Å². The summed E-state index contributed by atoms with van der Waals surface area (Å²) in [6, 6.07) is 0. The van der Waals surface area contributed by atoms with Gasteiger partial charge in [-0.3, -0.25) is 4.79 Å². The summed E-state index contributed by atoms with van der Waals surface area (Å²) in [6.45, 7) is 2.21. The molecule has 0 aromatic heterocycles. The summed E-state index contributed by atoms with van der Waals surface area (Å²) in [4.78, 5) is 12.4. The number of methoxy groups -OCH3 is 1. The summed E-state index contributed by atoms with van der Waals surface area (Å²) >= 11 is 0. The smallest absolute Gasteiger partial charge is 0.161 e. The molecule has 1 saturated carbocycles. The second-order valence-electron chi connectivity index (χ2n) is 9.16. The van der Waals surface area contributed by atoms with Gasteiger partial charge in [0.15, 0.2) is 12.1 Å². The number of ether oxygens (including phenoxy) is 1. The lowest BCUT2D eigenvalue weighted by molar-refractivity contribution is -0.124. The molecule has 1 fully saturated rings. The van der Waals surface area contributed by atoms with Crippen molar-refractivity contribution >= 4 is 5.78 Å². The molecule has 0 aliphatic heterocycles. The molecule has 4 heteroatoms. The average molecular weight is 373 g/mol. The van der Waals surface area contributed by atoms with Crippen molar-refractivity contribution in [2.45, 2.75) is 64.3 Å². The van der Waals surface area contributed by atoms with Crippen LogP contribution < -0.4 is 0 Å². The molecule has 7 atom stereocenters. The van der Waals surface area contributed by atoms with Gasteiger partial charge in [0.25, 0.3) is 0 Å². The number of carbonyl (C=O) groups excluding carboxylic acids is 1. The molecule has 4 aliphatic carbocycles. The van der Waals surface area contributed by atoms with E-state index in [1.165, 1.54) is 11.1 Å². The quantitative estimate of drug-likeness (QED) is 0.725. The first-order valence-electron chi connectivity index (χ1n) is 10.4. The summed E-state index contributed by atoms with van der Waals surface area (Å²) in [5.74, 6) is 0.880. The largest absolute Gasteiger partial charge is 0.392 e. The predicted molar refractivity (Wildman–Crippen MR) is 104 cm³/mol. The van der Waals surface area contributed by atoms with E-state index in [1.807, 2.05) is 6.08 Å². The number of aliphatic hydroxyl groups is 2. The fraction of sp³-hybridized carbons (Fsp3) is 0.696. The van der Waals surface area contributed by atoms with Crippen LogP contribution in [0.1, 0.15) is 51.9 Å². The van der Waals surface area contributed by atoms with Gasteiger partial charge in [-0.15, -0.1) is 0 Å². The van der Waals surface area contributed by atoms with Crippen molar-refractivity contribution in [3.05, 3.63) is 35.5 Å². The summed E-state index contributed by atoms with van der Waals surface area (Å²) in [7, 11) is 1.54. The number of hydrogen-bond acceptors (Lipinski definition) is 4. The molecule has 7 unspecified atom stereocenters. The summed E-state index contributed by atoms with van der Waals surface area (Å²) in [6.07, 6.45) is 13.4. The highest BCUT2D eigenvalue weighted by Gasteiger charge is 2.57. The van der Waals surface area contributed by atoms with Crippen LogP contribution in [0.25, 0.3) is 0 Å². The average Bonchev–Trinajstić information content (AvgIpc) is 3.19. The SMILES string of the molecule is COC(O)CCC1CCC2=C1C(C1(C)CC3CC=CC(=O)C3C1O)CC=C2. The molecule has 27 heavy (non-hydrogen) atoms. The molecular weight excluding hydrogens is 340 g/mol. The fourth-order valence-corrected chi connectivity index (χ4v) is 6.36. The molecule has 4 aliphatic rings. The first-order chi connectivity index (χ1) is 13.0. The van der Waals surface area contributed by atoms with Crippen molar-refractivity contribution in [3.8, 4) is 0 Å². The van der Waals surface area contributed by atoms with E-state index in [-0.39, 0.29) is 29.0 Å². The van der Waals surface area contributed by atoms with Crippen LogP contribution in [0.4, 0.5) is 0 Å². The zero-order valence-corrected chi connectivity index (χ0v) is 16.4. The molecule has 0 bridgehead atoms. The Bertz CT molecular complexity index is 690. The van der Waals surface area contributed by atoms with E-state index in [1.54, 1.807) is 13.2 Å². The van der Waals surface area contributed by atoms with Crippen LogP contribution in [0.5, 0.6) is 0 Å². The molecule has 0 radical (unpaired) electrons. The normalized spacial score (nSPS) is 41.8. The maximum atomic E-state index is 12.4. The van der Waals surface area contributed by atoms with Gasteiger partial charge in [-0.25, -0.2) is 0 Å². The lowest BCUT2D eigenvalue weighted by Crippen LogP contribution is -2.41. The van der Waals surface area contributed by atoms with Gasteiger partial charge in [0.05, 0.1) is 12.0 Å². The molecule has 148 valence electrons. The number of carbonyl (C=O) groups is 1. The highest BCUT2D eigenvalue weighted by Crippen LogP contribution is 2.59. The van der Waals surface area contributed by atoms with Crippen molar-refractivity contribution in [2.75, 3.05) is 7.11 Å². The molecule has 0 spiro atoms. The zero-order chi connectivity index (χ0) is 19.2. The Morgan fingerprint density at radius 1 is 1.30 bits per heavy atom. The third-order valence-electron chi connectivity index (χ3n) is 7.74. The first kappa shape index (κ1) is 19.1. The molecule has 4 nitrogen and oxygen atoms in total. The lowest BCUT2D eigenvalue weighted by atomic mass is 9.64. The van der Waals surface area contributed by atoms with E-state index in [0.29, 0.717) is 12.3 Å². The third-order valence-corrected chi connectivity index (χ3v) is 7.74. The van der Waals surface area contributed by atoms with E-state index in [2.05, 4.69) is 19.1 Å². The van der Waals surface area contributed by atoms with E-state index in [9.17, 15) is 15.0 Å². The molecule has 0 aromatic rings. The Morgan fingerprint density at radius 3 is 2.81 bits per heavy atom. The monoisotopic (exact) mass is 372 g/mol. The van der Waals surface area contributed by atoms with Crippen molar-refractivity contribution < 1.29 is 19.7 Å². The maximum Gasteiger partial charge on any atom is 0.161 e. The molecule has 0 aromatic carbocycles. The first-order valence-corrected chi connectivity index (χ1v) is 10.4. The minimum atomic E-state index is -0.702. The fourth-order valence-electron chi connectivity index (χ4n) is 6.36. The Hall–Kier alpha value is -1.23. The summed E-state index contributed by atoms with van der Waals surface area (Å²) < 4.78 is 5.03. The van der Waals surface area contributed by atoms with E-state index in [4.69, 9.17) is 4.74 Å². The van der Waals surface area contributed by atoms with Crippen LogP contribution in [0, 0.1) is 29.1 Å². The molecule has 0 amide bonds. The number of allylic oxidation sites excluding steroid dienone is 6. The summed E-state index contributed by atoms with van der Waals surface area (Å²) in [5, 5.41) is 21.1. The van der Waals surface area contributed by atoms with Crippen LogP contribution in [-0.2, 0) is 9.53 Å². The zero-order valence-electron chi connectivity index (χ0n) is 16.4. The van der Waals surface area contributed by atoms with Crippen LogP contribution in [0.2, 0.25) is 0 Å². The van der Waals surface area contributed by atoms with E-state index >= 15 is 0 Å². The van der Waals surface area contributed by atoms with Crippen LogP contribution in [0.15, 0.2) is 35.5 Å².